The summed E-state index contributed by atoms with van der Waals surface area (Å²) >= 11 is 0. The highest BCUT2D eigenvalue weighted by molar-refractivity contribution is 6.05. The number of nitrogens with two attached hydrogens (primary N) is 1. The van der Waals surface area contributed by atoms with Crippen molar-refractivity contribution in [1.29, 1.82) is 0 Å². The molecule has 1 aliphatic heterocycles. The molecular formula is C12H21N3O2. The summed E-state index contributed by atoms with van der Waals surface area (Å²) in [6.45, 7) is 3.32. The lowest BCUT2D eigenvalue weighted by Crippen LogP contribution is -2.57. The first kappa shape index (κ1) is 12.4. The van der Waals surface area contributed by atoms with Crippen LogP contribution in [-0.4, -0.2) is 42.6 Å². The molecule has 0 saturated heterocycles. The zero-order valence-electron chi connectivity index (χ0n) is 10.6. The molecule has 0 radical (unpaired) electrons. The van der Waals surface area contributed by atoms with Gasteiger partial charge in [0.25, 0.3) is 0 Å². The minimum Gasteiger partial charge on any atom is -0.385 e. The number of nitrogens with zero attached hydrogens (tertiary/aromatic N) is 2. The molecule has 1 spiro atoms. The second kappa shape index (κ2) is 4.64. The molecule has 1 fully saturated rings. The summed E-state index contributed by atoms with van der Waals surface area (Å²) in [5.41, 5.74) is 5.68. The maximum absolute atomic E-state index is 11.9. The van der Waals surface area contributed by atoms with Gasteiger partial charge in [0.1, 0.15) is 11.4 Å². The van der Waals surface area contributed by atoms with E-state index in [0.717, 1.165) is 19.3 Å². The number of hydrogen-bond donors (Lipinski definition) is 1. The number of carbonyl (C=O) groups is 1. The minimum absolute atomic E-state index is 0.200. The van der Waals surface area contributed by atoms with Crippen LogP contribution in [0.5, 0.6) is 0 Å². The number of amidine groups is 1. The zero-order valence-corrected chi connectivity index (χ0v) is 10.6. The Morgan fingerprint density at radius 2 is 2.41 bits per heavy atom. The van der Waals surface area contributed by atoms with E-state index in [-0.39, 0.29) is 11.6 Å². The quantitative estimate of drug-likeness (QED) is 0.809. The van der Waals surface area contributed by atoms with Crippen molar-refractivity contribution in [3.05, 3.63) is 0 Å². The van der Waals surface area contributed by atoms with E-state index in [2.05, 4.69) is 11.9 Å². The minimum atomic E-state index is -0.326. The van der Waals surface area contributed by atoms with Crippen LogP contribution in [0.4, 0.5) is 4.79 Å². The smallest absolute Gasteiger partial charge is 0.346 e. The molecule has 0 aromatic carbocycles. The average molecular weight is 239 g/mol. The van der Waals surface area contributed by atoms with Crippen LogP contribution in [-0.2, 0) is 4.74 Å². The van der Waals surface area contributed by atoms with Gasteiger partial charge in [-0.15, -0.1) is 0 Å². The van der Waals surface area contributed by atoms with E-state index in [4.69, 9.17) is 10.5 Å². The number of aliphatic imine (C=N–C) groups is 1. The van der Waals surface area contributed by atoms with Gasteiger partial charge in [0.15, 0.2) is 0 Å². The van der Waals surface area contributed by atoms with E-state index in [1.807, 2.05) is 4.90 Å². The van der Waals surface area contributed by atoms with Gasteiger partial charge in [-0.1, -0.05) is 19.8 Å². The molecule has 2 aliphatic rings. The van der Waals surface area contributed by atoms with Crippen molar-refractivity contribution in [2.45, 2.75) is 38.1 Å². The summed E-state index contributed by atoms with van der Waals surface area (Å²) in [5, 5.41) is 0. The van der Waals surface area contributed by atoms with Crippen molar-refractivity contribution in [3.8, 4) is 0 Å². The molecule has 2 N–H and O–H groups in total. The molecule has 0 bridgehead atoms. The third kappa shape index (κ3) is 2.04. The topological polar surface area (TPSA) is 67.9 Å². The Balaban J connectivity index is 2.21. The fraction of sp³-hybridized carbons (Fsp3) is 0.833. The largest absolute Gasteiger partial charge is 0.385 e. The molecule has 0 aromatic heterocycles. The first-order valence-corrected chi connectivity index (χ1v) is 6.25. The lowest BCUT2D eigenvalue weighted by Gasteiger charge is -2.43. The van der Waals surface area contributed by atoms with Crippen molar-refractivity contribution in [1.82, 2.24) is 4.90 Å². The Labute approximate surface area is 102 Å². The van der Waals surface area contributed by atoms with Crippen LogP contribution in [0.1, 0.15) is 32.6 Å². The van der Waals surface area contributed by atoms with E-state index < -0.39 is 0 Å². The highest BCUT2D eigenvalue weighted by Crippen LogP contribution is 2.39. The summed E-state index contributed by atoms with van der Waals surface area (Å²) in [4.78, 5) is 17.6. The van der Waals surface area contributed by atoms with E-state index >= 15 is 0 Å². The van der Waals surface area contributed by atoms with Crippen molar-refractivity contribution in [2.24, 2.45) is 16.6 Å². The van der Waals surface area contributed by atoms with Crippen molar-refractivity contribution in [3.63, 3.8) is 0 Å². The van der Waals surface area contributed by atoms with Gasteiger partial charge in [-0.05, 0) is 18.8 Å². The Kier molecular flexibility index (Phi) is 3.38. The highest BCUT2D eigenvalue weighted by atomic mass is 16.5. The predicted octanol–water partition coefficient (Wildman–Crippen LogP) is 1.37. The maximum atomic E-state index is 11.9. The highest BCUT2D eigenvalue weighted by Gasteiger charge is 2.49. The molecule has 2 atom stereocenters. The number of carbonyl (C=O) groups excluding carboxylic acids is 1. The van der Waals surface area contributed by atoms with Crippen LogP contribution in [0, 0.1) is 5.92 Å². The van der Waals surface area contributed by atoms with Gasteiger partial charge in [0.2, 0.25) is 0 Å². The number of ether oxygens (including phenoxy) is 1. The summed E-state index contributed by atoms with van der Waals surface area (Å²) < 4.78 is 5.06. The summed E-state index contributed by atoms with van der Waals surface area (Å²) in [5.74, 6) is 1.10. The number of hydrogen-bond acceptors (Lipinski definition) is 3. The third-order valence-electron chi connectivity index (χ3n) is 3.93. The average Bonchev–Trinajstić information content (AvgIpc) is 2.49. The third-order valence-corrected chi connectivity index (χ3v) is 3.93. The molecule has 5 heteroatoms. The molecule has 2 unspecified atom stereocenters. The van der Waals surface area contributed by atoms with Crippen LogP contribution in [0.15, 0.2) is 4.99 Å². The van der Waals surface area contributed by atoms with E-state index in [1.54, 1.807) is 7.11 Å². The fourth-order valence-corrected chi connectivity index (χ4v) is 3.08. The van der Waals surface area contributed by atoms with Crippen LogP contribution in [0.2, 0.25) is 0 Å². The zero-order chi connectivity index (χ0) is 12.5. The first-order chi connectivity index (χ1) is 8.10. The van der Waals surface area contributed by atoms with Crippen molar-refractivity contribution >= 4 is 11.9 Å². The van der Waals surface area contributed by atoms with E-state index in [1.165, 1.54) is 6.42 Å². The van der Waals surface area contributed by atoms with Crippen LogP contribution < -0.4 is 5.73 Å². The molecule has 5 nitrogen and oxygen atoms in total. The molecule has 1 saturated carbocycles. The summed E-state index contributed by atoms with van der Waals surface area (Å²) in [6, 6.07) is -0.200. The van der Waals surface area contributed by atoms with Crippen LogP contribution >= 0.6 is 0 Å². The summed E-state index contributed by atoms with van der Waals surface area (Å²) in [7, 11) is 1.64. The normalized spacial score (nSPS) is 33.3. The predicted molar refractivity (Wildman–Crippen MR) is 66.0 cm³/mol. The molecular weight excluding hydrogens is 218 g/mol. The van der Waals surface area contributed by atoms with Crippen LogP contribution in [0.25, 0.3) is 0 Å². The van der Waals surface area contributed by atoms with Gasteiger partial charge in [0, 0.05) is 13.7 Å². The molecule has 96 valence electrons. The number of urea groups is 1. The maximum Gasteiger partial charge on any atom is 0.346 e. The SMILES string of the molecule is COCCN1C(=O)N=C(N)C12CCCC(C)C2. The van der Waals surface area contributed by atoms with Gasteiger partial charge >= 0.3 is 6.03 Å². The van der Waals surface area contributed by atoms with Crippen molar-refractivity contribution < 1.29 is 9.53 Å². The second-order valence-corrected chi connectivity index (χ2v) is 5.16. The Bertz CT molecular complexity index is 343. The number of rotatable bonds is 3. The Morgan fingerprint density at radius 3 is 3.06 bits per heavy atom. The fourth-order valence-electron chi connectivity index (χ4n) is 3.08. The molecule has 1 aliphatic carbocycles. The molecule has 2 amide bonds. The molecule has 1 heterocycles. The lowest BCUT2D eigenvalue weighted by molar-refractivity contribution is 0.0928. The first-order valence-electron chi connectivity index (χ1n) is 6.25. The Hall–Kier alpha value is -1.10. The van der Waals surface area contributed by atoms with Crippen LogP contribution in [0.3, 0.4) is 0 Å². The van der Waals surface area contributed by atoms with Gasteiger partial charge in [-0.3, -0.25) is 0 Å². The van der Waals surface area contributed by atoms with Gasteiger partial charge < -0.3 is 15.4 Å². The lowest BCUT2D eigenvalue weighted by atomic mass is 9.75. The standard InChI is InChI=1S/C12H21N3O2/c1-9-4-3-5-12(8-9)10(13)14-11(16)15(12)6-7-17-2/h9H,3-8H2,1-2H3,(H2,13,14,16). The van der Waals surface area contributed by atoms with Gasteiger partial charge in [-0.25, -0.2) is 4.79 Å². The monoisotopic (exact) mass is 239 g/mol. The van der Waals surface area contributed by atoms with Crippen molar-refractivity contribution in [2.75, 3.05) is 20.3 Å². The Morgan fingerprint density at radius 1 is 1.65 bits per heavy atom. The molecule has 17 heavy (non-hydrogen) atoms. The molecule has 2 rings (SSSR count). The van der Waals surface area contributed by atoms with Gasteiger partial charge in [-0.2, -0.15) is 4.99 Å². The second-order valence-electron chi connectivity index (χ2n) is 5.16. The van der Waals surface area contributed by atoms with E-state index in [9.17, 15) is 4.79 Å². The summed E-state index contributed by atoms with van der Waals surface area (Å²) in [6.07, 6.45) is 4.18. The molecule has 0 aromatic rings. The van der Waals surface area contributed by atoms with E-state index in [0.29, 0.717) is 24.9 Å². The number of amides is 2. The van der Waals surface area contributed by atoms with Gasteiger partial charge in [0.05, 0.1) is 6.61 Å². The number of methoxy groups -OCH3 is 1.